The molecule has 122 valence electrons. The third-order valence-corrected chi connectivity index (χ3v) is 5.18. The van der Waals surface area contributed by atoms with Crippen LogP contribution in [0, 0.1) is 6.92 Å². The zero-order valence-corrected chi connectivity index (χ0v) is 15.2. The summed E-state index contributed by atoms with van der Waals surface area (Å²) in [6.07, 6.45) is 3.44. The fourth-order valence-electron chi connectivity index (χ4n) is 2.03. The molecule has 1 aromatic heterocycles. The van der Waals surface area contributed by atoms with Gasteiger partial charge in [0.2, 0.25) is 5.13 Å². The molecular weight excluding hydrogens is 364 g/mol. The molecule has 1 fully saturated rings. The number of thioether (sulfide) groups is 1. The molecule has 2 heterocycles. The second-order valence-corrected chi connectivity index (χ2v) is 7.41. The first kappa shape index (κ1) is 16.9. The van der Waals surface area contributed by atoms with Crippen LogP contribution in [0.5, 0.6) is 0 Å². The Hall–Kier alpha value is -1.96. The molecule has 0 aliphatic carbocycles. The number of halogens is 1. The summed E-state index contributed by atoms with van der Waals surface area (Å²) in [5.74, 6) is -0.125. The van der Waals surface area contributed by atoms with Gasteiger partial charge in [-0.1, -0.05) is 47.2 Å². The van der Waals surface area contributed by atoms with Crippen LogP contribution in [0.15, 0.2) is 46.8 Å². The Balaban J connectivity index is 1.96. The van der Waals surface area contributed by atoms with Gasteiger partial charge in [-0.2, -0.15) is 4.99 Å². The Kier molecular flexibility index (Phi) is 5.13. The maximum absolute atomic E-state index is 12.6. The molecule has 5 nitrogen and oxygen atoms in total. The van der Waals surface area contributed by atoms with Gasteiger partial charge in [0.1, 0.15) is 5.01 Å². The van der Waals surface area contributed by atoms with E-state index < -0.39 is 0 Å². The topological polar surface area (TPSA) is 58.5 Å². The summed E-state index contributed by atoms with van der Waals surface area (Å²) in [5.41, 5.74) is 0.793. The van der Waals surface area contributed by atoms with Crippen LogP contribution in [0.25, 0.3) is 6.08 Å². The fraction of sp³-hybridized carbons (Fsp3) is 0.125. The second kappa shape index (κ2) is 7.29. The number of nitrogens with zero attached hydrogens (tertiary/aromatic N) is 4. The Bertz CT molecular complexity index is 859. The maximum atomic E-state index is 12.6. The fourth-order valence-corrected chi connectivity index (χ4v) is 3.82. The first-order valence-electron chi connectivity index (χ1n) is 7.04. The number of aryl methyl sites for hydroxylation is 1. The van der Waals surface area contributed by atoms with E-state index in [2.05, 4.69) is 21.8 Å². The maximum Gasteiger partial charge on any atom is 0.267 e. The first-order chi connectivity index (χ1) is 11.6. The molecule has 3 rings (SSSR count). The van der Waals surface area contributed by atoms with Gasteiger partial charge in [0.25, 0.3) is 5.91 Å². The van der Waals surface area contributed by atoms with Crippen LogP contribution in [0.3, 0.4) is 0 Å². The Morgan fingerprint density at radius 1 is 1.38 bits per heavy atom. The van der Waals surface area contributed by atoms with E-state index in [1.807, 2.05) is 25.1 Å². The van der Waals surface area contributed by atoms with E-state index in [1.54, 1.807) is 23.1 Å². The number of rotatable bonds is 4. The molecule has 8 heteroatoms. The second-order valence-electron chi connectivity index (χ2n) is 4.83. The molecule has 1 saturated heterocycles. The minimum absolute atomic E-state index is 0.125. The summed E-state index contributed by atoms with van der Waals surface area (Å²) in [5, 5.41) is 10.4. The predicted octanol–water partition coefficient (Wildman–Crippen LogP) is 4.29. The van der Waals surface area contributed by atoms with Crippen LogP contribution in [-0.4, -0.2) is 32.7 Å². The van der Waals surface area contributed by atoms with E-state index in [-0.39, 0.29) is 5.91 Å². The number of carbonyl (C=O) groups is 1. The highest BCUT2D eigenvalue weighted by Crippen LogP contribution is 2.35. The molecule has 0 radical (unpaired) electrons. The van der Waals surface area contributed by atoms with Crippen LogP contribution < -0.4 is 0 Å². The summed E-state index contributed by atoms with van der Waals surface area (Å²) in [7, 11) is 0. The molecule has 24 heavy (non-hydrogen) atoms. The molecule has 0 saturated carbocycles. The minimum atomic E-state index is -0.125. The quantitative estimate of drug-likeness (QED) is 0.590. The van der Waals surface area contributed by atoms with Crippen molar-refractivity contribution in [2.45, 2.75) is 6.92 Å². The van der Waals surface area contributed by atoms with E-state index in [0.29, 0.717) is 26.8 Å². The SMILES string of the molecule is C=CCN1C(=O)/C(=C\c2ccccc2Cl)S/C1=N/c1nnc(C)s1. The van der Waals surface area contributed by atoms with Crippen molar-refractivity contribution in [1.29, 1.82) is 0 Å². The Morgan fingerprint density at radius 2 is 2.17 bits per heavy atom. The third-order valence-electron chi connectivity index (χ3n) is 3.10. The van der Waals surface area contributed by atoms with E-state index in [9.17, 15) is 4.79 Å². The van der Waals surface area contributed by atoms with Crippen molar-refractivity contribution in [1.82, 2.24) is 15.1 Å². The summed E-state index contributed by atoms with van der Waals surface area (Å²) < 4.78 is 0. The lowest BCUT2D eigenvalue weighted by molar-refractivity contribution is -0.121. The van der Waals surface area contributed by atoms with Crippen molar-refractivity contribution in [3.63, 3.8) is 0 Å². The highest BCUT2D eigenvalue weighted by molar-refractivity contribution is 8.18. The van der Waals surface area contributed by atoms with Gasteiger partial charge in [0, 0.05) is 11.6 Å². The molecule has 1 aromatic carbocycles. The average Bonchev–Trinajstić information content (AvgIpc) is 3.09. The smallest absolute Gasteiger partial charge is 0.267 e. The average molecular weight is 377 g/mol. The van der Waals surface area contributed by atoms with Gasteiger partial charge in [-0.05, 0) is 36.4 Å². The number of aromatic nitrogens is 2. The Morgan fingerprint density at radius 3 is 2.83 bits per heavy atom. The summed E-state index contributed by atoms with van der Waals surface area (Å²) in [6.45, 7) is 5.94. The van der Waals surface area contributed by atoms with Crippen molar-refractivity contribution >= 4 is 57.0 Å². The molecule has 0 unspecified atom stereocenters. The molecule has 1 aliphatic rings. The number of amides is 1. The summed E-state index contributed by atoms with van der Waals surface area (Å²) >= 11 is 8.85. The molecule has 1 amide bonds. The highest BCUT2D eigenvalue weighted by Gasteiger charge is 2.33. The molecule has 0 atom stereocenters. The van der Waals surface area contributed by atoms with Crippen LogP contribution in [0.4, 0.5) is 5.13 Å². The lowest BCUT2D eigenvalue weighted by Gasteiger charge is -2.11. The van der Waals surface area contributed by atoms with Crippen molar-refractivity contribution in [3.8, 4) is 0 Å². The van der Waals surface area contributed by atoms with Crippen molar-refractivity contribution in [2.24, 2.45) is 4.99 Å². The number of benzene rings is 1. The number of carbonyl (C=O) groups excluding carboxylic acids is 1. The lowest BCUT2D eigenvalue weighted by Crippen LogP contribution is -2.29. The van der Waals surface area contributed by atoms with E-state index >= 15 is 0 Å². The molecule has 0 N–H and O–H groups in total. The summed E-state index contributed by atoms with van der Waals surface area (Å²) in [4.78, 5) is 19.2. The van der Waals surface area contributed by atoms with E-state index in [0.717, 1.165) is 10.6 Å². The lowest BCUT2D eigenvalue weighted by atomic mass is 10.2. The van der Waals surface area contributed by atoms with Gasteiger partial charge in [0.05, 0.1) is 4.91 Å². The largest absolute Gasteiger partial charge is 0.282 e. The van der Waals surface area contributed by atoms with Gasteiger partial charge in [-0.3, -0.25) is 9.69 Å². The molecule has 2 aromatic rings. The van der Waals surface area contributed by atoms with Gasteiger partial charge in [-0.15, -0.1) is 16.8 Å². The highest BCUT2D eigenvalue weighted by atomic mass is 35.5. The minimum Gasteiger partial charge on any atom is -0.282 e. The number of hydrogen-bond acceptors (Lipinski definition) is 6. The van der Waals surface area contributed by atoms with E-state index in [1.165, 1.54) is 23.1 Å². The zero-order chi connectivity index (χ0) is 17.1. The molecule has 1 aliphatic heterocycles. The monoisotopic (exact) mass is 376 g/mol. The number of aliphatic imine (C=N–C) groups is 1. The normalized spacial score (nSPS) is 17.9. The van der Waals surface area contributed by atoms with Gasteiger partial charge in [-0.25, -0.2) is 0 Å². The number of amidine groups is 1. The Labute approximate surface area is 152 Å². The molecule has 0 bridgehead atoms. The van der Waals surface area contributed by atoms with Crippen molar-refractivity contribution < 1.29 is 4.79 Å². The van der Waals surface area contributed by atoms with Gasteiger partial charge >= 0.3 is 0 Å². The number of hydrogen-bond donors (Lipinski definition) is 0. The van der Waals surface area contributed by atoms with Crippen LogP contribution in [0.1, 0.15) is 10.6 Å². The van der Waals surface area contributed by atoms with E-state index in [4.69, 9.17) is 11.6 Å². The molecular formula is C16H13ClN4OS2. The standard InChI is InChI=1S/C16H13ClN4OS2/c1-3-8-21-14(22)13(9-11-6-4-5-7-12(11)17)24-16(21)18-15-20-19-10(2)23-15/h3-7,9H,1,8H2,2H3/b13-9+,18-16+. The van der Waals surface area contributed by atoms with Crippen molar-refractivity contribution in [3.05, 3.63) is 57.4 Å². The first-order valence-corrected chi connectivity index (χ1v) is 9.05. The van der Waals surface area contributed by atoms with Crippen LogP contribution >= 0.6 is 34.7 Å². The van der Waals surface area contributed by atoms with Crippen LogP contribution in [0.2, 0.25) is 5.02 Å². The van der Waals surface area contributed by atoms with Gasteiger partial charge < -0.3 is 0 Å². The molecule has 0 spiro atoms. The zero-order valence-electron chi connectivity index (χ0n) is 12.8. The third kappa shape index (κ3) is 3.58. The van der Waals surface area contributed by atoms with Gasteiger partial charge in [0.15, 0.2) is 5.17 Å². The summed E-state index contributed by atoms with van der Waals surface area (Å²) in [6, 6.07) is 7.38. The van der Waals surface area contributed by atoms with Crippen molar-refractivity contribution in [2.75, 3.05) is 6.54 Å². The van der Waals surface area contributed by atoms with Crippen LogP contribution in [-0.2, 0) is 4.79 Å². The predicted molar refractivity (Wildman–Crippen MR) is 101 cm³/mol.